The number of nitrogens with zero attached hydrogens (tertiary/aromatic N) is 4. The first-order chi connectivity index (χ1) is 9.56. The van der Waals surface area contributed by atoms with E-state index in [2.05, 4.69) is 24.0 Å². The number of aromatic nitrogens is 4. The molecule has 1 aromatic carbocycles. The number of rotatable bonds is 2. The molecule has 0 bridgehead atoms. The van der Waals surface area contributed by atoms with Gasteiger partial charge in [-0.1, -0.05) is 23.2 Å². The molecular formula is C12H9Cl2N5S. The van der Waals surface area contributed by atoms with Gasteiger partial charge in [-0.25, -0.2) is 9.97 Å². The van der Waals surface area contributed by atoms with E-state index in [0.29, 0.717) is 27.2 Å². The number of fused-ring (bicyclic) bond motifs is 1. The van der Waals surface area contributed by atoms with Gasteiger partial charge in [-0.3, -0.25) is 0 Å². The predicted octanol–water partition coefficient (Wildman–Crippen LogP) is 4.15. The molecule has 0 aliphatic heterocycles. The third-order valence-electron chi connectivity index (χ3n) is 2.88. The van der Waals surface area contributed by atoms with Gasteiger partial charge in [0.05, 0.1) is 33.8 Å². The van der Waals surface area contributed by atoms with Crippen LogP contribution < -0.4 is 5.32 Å². The smallest absolute Gasteiger partial charge is 0.172 e. The first-order valence-electron chi connectivity index (χ1n) is 5.75. The van der Waals surface area contributed by atoms with Crippen molar-refractivity contribution >= 4 is 57.5 Å². The minimum Gasteiger partial charge on any atom is -0.335 e. The van der Waals surface area contributed by atoms with Gasteiger partial charge in [-0.15, -0.1) is 0 Å². The first kappa shape index (κ1) is 13.5. The lowest BCUT2D eigenvalue weighted by molar-refractivity contribution is 1.05. The maximum Gasteiger partial charge on any atom is 0.172 e. The molecule has 0 aliphatic rings. The van der Waals surface area contributed by atoms with Crippen LogP contribution in [0.15, 0.2) is 12.1 Å². The Bertz CT molecular complexity index is 802. The quantitative estimate of drug-likeness (QED) is 0.766. The normalized spacial score (nSPS) is 11.0. The summed E-state index contributed by atoms with van der Waals surface area (Å²) in [6, 6.07) is 3.58. The lowest BCUT2D eigenvalue weighted by Crippen LogP contribution is -2.01. The van der Waals surface area contributed by atoms with Gasteiger partial charge < -0.3 is 5.32 Å². The fourth-order valence-electron chi connectivity index (χ4n) is 1.72. The van der Waals surface area contributed by atoms with Crippen LogP contribution in [-0.4, -0.2) is 18.7 Å². The van der Waals surface area contributed by atoms with Gasteiger partial charge in [0.1, 0.15) is 11.0 Å². The summed E-state index contributed by atoms with van der Waals surface area (Å²) in [6.45, 7) is 3.73. The molecule has 3 rings (SSSR count). The second-order valence-corrected chi connectivity index (χ2v) is 5.51. The van der Waals surface area contributed by atoms with Crippen molar-refractivity contribution in [2.75, 3.05) is 5.32 Å². The maximum atomic E-state index is 6.22. The maximum absolute atomic E-state index is 6.22. The monoisotopic (exact) mass is 325 g/mol. The molecule has 2 aromatic heterocycles. The highest BCUT2D eigenvalue weighted by molar-refractivity contribution is 7.00. The average Bonchev–Trinajstić information content (AvgIpc) is 2.87. The van der Waals surface area contributed by atoms with E-state index in [9.17, 15) is 0 Å². The van der Waals surface area contributed by atoms with Crippen molar-refractivity contribution in [1.82, 2.24) is 18.7 Å². The van der Waals surface area contributed by atoms with Crippen molar-refractivity contribution in [3.63, 3.8) is 0 Å². The van der Waals surface area contributed by atoms with Crippen LogP contribution in [0.5, 0.6) is 0 Å². The molecule has 0 radical (unpaired) electrons. The molecule has 0 unspecified atom stereocenters. The highest BCUT2D eigenvalue weighted by atomic mass is 35.5. The van der Waals surface area contributed by atoms with Gasteiger partial charge in [0.25, 0.3) is 0 Å². The van der Waals surface area contributed by atoms with Gasteiger partial charge in [0.2, 0.25) is 0 Å². The van der Waals surface area contributed by atoms with E-state index in [1.165, 1.54) is 0 Å². The second-order valence-electron chi connectivity index (χ2n) is 4.21. The highest BCUT2D eigenvalue weighted by Crippen LogP contribution is 2.33. The molecule has 0 fully saturated rings. The minimum atomic E-state index is 0.296. The molecule has 20 heavy (non-hydrogen) atoms. The van der Waals surface area contributed by atoms with E-state index in [4.69, 9.17) is 23.2 Å². The van der Waals surface area contributed by atoms with E-state index < -0.39 is 0 Å². The number of halogens is 2. The molecular weight excluding hydrogens is 317 g/mol. The van der Waals surface area contributed by atoms with Crippen molar-refractivity contribution in [2.24, 2.45) is 0 Å². The largest absolute Gasteiger partial charge is 0.335 e. The number of hydrogen-bond donors (Lipinski definition) is 1. The Labute approximate surface area is 129 Å². The summed E-state index contributed by atoms with van der Waals surface area (Å²) in [6.07, 6.45) is 0. The molecule has 0 amide bonds. The molecule has 0 spiro atoms. The number of anilines is 2. The molecule has 2 heterocycles. The fourth-order valence-corrected chi connectivity index (χ4v) is 2.68. The van der Waals surface area contributed by atoms with Gasteiger partial charge in [-0.05, 0) is 26.0 Å². The summed E-state index contributed by atoms with van der Waals surface area (Å²) in [5, 5.41) is 3.93. The molecule has 3 aromatic rings. The molecule has 0 aliphatic carbocycles. The summed E-state index contributed by atoms with van der Waals surface area (Å²) in [5.74, 6) is 0.456. The van der Waals surface area contributed by atoms with Gasteiger partial charge in [0.15, 0.2) is 11.0 Å². The summed E-state index contributed by atoms with van der Waals surface area (Å²) < 4.78 is 8.42. The van der Waals surface area contributed by atoms with Crippen LogP contribution in [0.1, 0.15) is 11.4 Å². The summed E-state index contributed by atoms with van der Waals surface area (Å²) in [7, 11) is 0. The minimum absolute atomic E-state index is 0.296. The highest BCUT2D eigenvalue weighted by Gasteiger charge is 2.14. The molecule has 1 N–H and O–H groups in total. The van der Waals surface area contributed by atoms with E-state index in [-0.39, 0.29) is 0 Å². The lowest BCUT2D eigenvalue weighted by Gasteiger charge is -2.10. The van der Waals surface area contributed by atoms with E-state index >= 15 is 0 Å². The topological polar surface area (TPSA) is 63.6 Å². The Morgan fingerprint density at radius 3 is 2.60 bits per heavy atom. The molecule has 8 heteroatoms. The van der Waals surface area contributed by atoms with Crippen LogP contribution in [0.4, 0.5) is 11.5 Å². The van der Waals surface area contributed by atoms with Crippen molar-refractivity contribution in [1.29, 1.82) is 0 Å². The van der Waals surface area contributed by atoms with E-state index in [0.717, 1.165) is 28.6 Å². The second kappa shape index (κ2) is 5.12. The van der Waals surface area contributed by atoms with Crippen LogP contribution in [0.3, 0.4) is 0 Å². The third kappa shape index (κ3) is 2.30. The Kier molecular flexibility index (Phi) is 3.45. The van der Waals surface area contributed by atoms with Crippen molar-refractivity contribution < 1.29 is 0 Å². The SMILES string of the molecule is Cc1nc(Cl)c(Nc2c(Cl)ccc3nsnc23)nc1C. The lowest BCUT2D eigenvalue weighted by atomic mass is 10.2. The van der Waals surface area contributed by atoms with E-state index in [1.54, 1.807) is 6.07 Å². The third-order valence-corrected chi connectivity index (χ3v) is 4.01. The predicted molar refractivity (Wildman–Crippen MR) is 82.2 cm³/mol. The fraction of sp³-hybridized carbons (Fsp3) is 0.167. The standard InChI is InChI=1S/C12H9Cl2N5S/c1-5-6(2)16-12(11(14)15-5)17-9-7(13)3-4-8-10(9)19-20-18-8/h3-4H,1-2H3,(H,16,17). The molecule has 5 nitrogen and oxygen atoms in total. The Morgan fingerprint density at radius 2 is 1.80 bits per heavy atom. The Hall–Kier alpha value is -1.50. The van der Waals surface area contributed by atoms with Crippen LogP contribution in [0.25, 0.3) is 11.0 Å². The molecule has 0 atom stereocenters. The zero-order valence-electron chi connectivity index (χ0n) is 10.6. The zero-order valence-corrected chi connectivity index (χ0v) is 12.9. The summed E-state index contributed by atoms with van der Waals surface area (Å²) >= 11 is 13.5. The van der Waals surface area contributed by atoms with Crippen LogP contribution >= 0.6 is 34.9 Å². The van der Waals surface area contributed by atoms with Crippen LogP contribution in [-0.2, 0) is 0 Å². The summed E-state index contributed by atoms with van der Waals surface area (Å²) in [5.41, 5.74) is 3.70. The number of nitrogens with one attached hydrogen (secondary N) is 1. The van der Waals surface area contributed by atoms with E-state index in [1.807, 2.05) is 19.9 Å². The van der Waals surface area contributed by atoms with Gasteiger partial charge in [0, 0.05) is 0 Å². The van der Waals surface area contributed by atoms with Crippen molar-refractivity contribution in [3.8, 4) is 0 Å². The first-order valence-corrected chi connectivity index (χ1v) is 7.23. The van der Waals surface area contributed by atoms with Crippen molar-refractivity contribution in [3.05, 3.63) is 33.7 Å². The number of aryl methyl sites for hydroxylation is 2. The zero-order chi connectivity index (χ0) is 14.3. The molecule has 0 saturated carbocycles. The Morgan fingerprint density at radius 1 is 1.05 bits per heavy atom. The molecule has 102 valence electrons. The van der Waals surface area contributed by atoms with Gasteiger partial charge in [-0.2, -0.15) is 8.75 Å². The molecule has 0 saturated heterocycles. The summed E-state index contributed by atoms with van der Waals surface area (Å²) in [4.78, 5) is 8.62. The van der Waals surface area contributed by atoms with Crippen LogP contribution in [0, 0.1) is 13.8 Å². The number of hydrogen-bond acceptors (Lipinski definition) is 6. The van der Waals surface area contributed by atoms with Crippen LogP contribution in [0.2, 0.25) is 10.2 Å². The van der Waals surface area contributed by atoms with Gasteiger partial charge >= 0.3 is 0 Å². The Balaban J connectivity index is 2.12. The average molecular weight is 326 g/mol. The van der Waals surface area contributed by atoms with Crippen molar-refractivity contribution in [2.45, 2.75) is 13.8 Å². The number of benzene rings is 1.